The molecule has 13 aromatic rings. The highest BCUT2D eigenvalue weighted by Crippen LogP contribution is 2.44. The molecule has 0 N–H and O–H groups in total. The van der Waals surface area contributed by atoms with Gasteiger partial charge in [0.1, 0.15) is 44.8 Å². The molecule has 5 nitrogen and oxygen atoms in total. The van der Waals surface area contributed by atoms with Crippen LogP contribution in [0.25, 0.3) is 127 Å². The van der Waals surface area contributed by atoms with E-state index in [2.05, 4.69) is 132 Å². The van der Waals surface area contributed by atoms with E-state index in [9.17, 15) is 0 Å². The lowest BCUT2D eigenvalue weighted by Gasteiger charge is -2.14. The van der Waals surface area contributed by atoms with Crippen LogP contribution in [0, 0.1) is 0 Å². The van der Waals surface area contributed by atoms with E-state index >= 15 is 0 Å². The van der Waals surface area contributed by atoms with Crippen LogP contribution in [-0.2, 0) is 6.42 Å². The summed E-state index contributed by atoms with van der Waals surface area (Å²) in [6.45, 7) is 0. The zero-order valence-corrected chi connectivity index (χ0v) is 31.6. The van der Waals surface area contributed by atoms with Crippen LogP contribution in [0.3, 0.4) is 0 Å². The van der Waals surface area contributed by atoms with Crippen molar-refractivity contribution in [2.45, 2.75) is 12.8 Å². The summed E-state index contributed by atoms with van der Waals surface area (Å²) in [5.41, 5.74) is 15.6. The van der Waals surface area contributed by atoms with Crippen molar-refractivity contribution in [1.29, 1.82) is 0 Å². The Balaban J connectivity index is 0.951. The van der Waals surface area contributed by atoms with Gasteiger partial charge < -0.3 is 22.2 Å². The fourth-order valence-electron chi connectivity index (χ4n) is 9.97. The Hall–Kier alpha value is -7.76. The minimum atomic E-state index is 0.845. The number of benzene rings is 8. The minimum absolute atomic E-state index is 0.845. The van der Waals surface area contributed by atoms with Crippen LogP contribution >= 0.6 is 0 Å². The zero-order chi connectivity index (χ0) is 38.3. The maximum atomic E-state index is 6.48. The number of nitrogens with zero attached hydrogens (tertiary/aromatic N) is 1. The summed E-state index contributed by atoms with van der Waals surface area (Å²) in [4.78, 5) is 0. The molecule has 0 unspecified atom stereocenters. The summed E-state index contributed by atoms with van der Waals surface area (Å²) in [7, 11) is 0. The number of hydrogen-bond acceptors (Lipinski definition) is 4. The van der Waals surface area contributed by atoms with Gasteiger partial charge in [0, 0.05) is 72.2 Å². The average Bonchev–Trinajstić information content (AvgIpc) is 4.10. The van der Waals surface area contributed by atoms with Crippen LogP contribution in [0.1, 0.15) is 23.3 Å². The van der Waals surface area contributed by atoms with E-state index in [1.165, 1.54) is 38.5 Å². The summed E-state index contributed by atoms with van der Waals surface area (Å²) in [6.07, 6.45) is 4.10. The highest BCUT2D eigenvalue weighted by molar-refractivity contribution is 6.26. The smallest absolute Gasteiger partial charge is 0.139 e. The van der Waals surface area contributed by atoms with Crippen LogP contribution in [0.5, 0.6) is 0 Å². The predicted molar refractivity (Wildman–Crippen MR) is 240 cm³/mol. The Morgan fingerprint density at radius 3 is 1.73 bits per heavy atom. The SMILES string of the molecule is C1=C(c2ccc3c(c2)c2cc(-c4ccc5oc6ccc7oc8ccccc8c7c6c5c4)ccc2n3-c2ccccc2)CCc2oc3cc4oc5ccccc5c4cc3c21. The van der Waals surface area contributed by atoms with Crippen LogP contribution in [0.4, 0.5) is 0 Å². The first-order valence-electron chi connectivity index (χ1n) is 20.2. The van der Waals surface area contributed by atoms with E-state index in [-0.39, 0.29) is 0 Å². The Bertz CT molecular complexity index is 3960. The number of furan rings is 4. The molecule has 0 amide bonds. The molecule has 0 saturated heterocycles. The number of hydrogen-bond donors (Lipinski definition) is 0. The molecule has 1 aliphatic carbocycles. The topological polar surface area (TPSA) is 57.5 Å². The summed E-state index contributed by atoms with van der Waals surface area (Å²) in [6, 6.07) is 56.0. The first-order chi connectivity index (χ1) is 29.2. The van der Waals surface area contributed by atoms with Crippen molar-refractivity contribution in [1.82, 2.24) is 4.57 Å². The highest BCUT2D eigenvalue weighted by atomic mass is 16.3. The van der Waals surface area contributed by atoms with Crippen molar-refractivity contribution in [2.24, 2.45) is 0 Å². The number of para-hydroxylation sites is 3. The predicted octanol–water partition coefficient (Wildman–Crippen LogP) is 15.4. The molecule has 0 atom stereocenters. The van der Waals surface area contributed by atoms with Gasteiger partial charge in [0.05, 0.1) is 11.0 Å². The summed E-state index contributed by atoms with van der Waals surface area (Å²) in [5, 5.41) is 10.2. The van der Waals surface area contributed by atoms with Gasteiger partial charge in [0.2, 0.25) is 0 Å². The monoisotopic (exact) mass is 757 g/mol. The van der Waals surface area contributed by atoms with Crippen molar-refractivity contribution >= 4 is 110 Å². The second kappa shape index (κ2) is 11.4. The first-order valence-corrected chi connectivity index (χ1v) is 20.2. The molecule has 5 aromatic heterocycles. The maximum Gasteiger partial charge on any atom is 0.139 e. The third-order valence-corrected chi connectivity index (χ3v) is 12.7. The molecule has 276 valence electrons. The largest absolute Gasteiger partial charge is 0.460 e. The molecule has 0 fully saturated rings. The molecule has 14 rings (SSSR count). The lowest BCUT2D eigenvalue weighted by atomic mass is 9.90. The molecule has 0 saturated carbocycles. The second-order valence-corrected chi connectivity index (χ2v) is 15.9. The normalized spacial score (nSPS) is 13.4. The Morgan fingerprint density at radius 2 is 0.932 bits per heavy atom. The van der Waals surface area contributed by atoms with Gasteiger partial charge in [-0.25, -0.2) is 0 Å². The van der Waals surface area contributed by atoms with Crippen LogP contribution in [0.15, 0.2) is 175 Å². The van der Waals surface area contributed by atoms with Gasteiger partial charge in [0.15, 0.2) is 0 Å². The molecule has 1 aliphatic rings. The van der Waals surface area contributed by atoms with Gasteiger partial charge in [-0.15, -0.1) is 0 Å². The number of aryl methyl sites for hydroxylation is 1. The number of fused-ring (bicyclic) bond motifs is 16. The zero-order valence-electron chi connectivity index (χ0n) is 31.6. The van der Waals surface area contributed by atoms with E-state index in [1.54, 1.807) is 0 Å². The lowest BCUT2D eigenvalue weighted by molar-refractivity contribution is 0.547. The Labute approximate surface area is 335 Å². The Morgan fingerprint density at radius 1 is 0.356 bits per heavy atom. The van der Waals surface area contributed by atoms with E-state index in [4.69, 9.17) is 17.7 Å². The maximum absolute atomic E-state index is 6.48. The molecular weight excluding hydrogens is 727 g/mol. The summed E-state index contributed by atoms with van der Waals surface area (Å²) >= 11 is 0. The molecule has 8 aromatic carbocycles. The lowest BCUT2D eigenvalue weighted by Crippen LogP contribution is -1.97. The van der Waals surface area contributed by atoms with E-state index in [0.717, 1.165) is 112 Å². The van der Waals surface area contributed by atoms with Crippen molar-refractivity contribution in [3.63, 3.8) is 0 Å². The fraction of sp³-hybridized carbons (Fsp3) is 0.0370. The van der Waals surface area contributed by atoms with E-state index in [0.29, 0.717) is 0 Å². The third kappa shape index (κ3) is 4.39. The highest BCUT2D eigenvalue weighted by Gasteiger charge is 2.23. The molecule has 0 aliphatic heterocycles. The van der Waals surface area contributed by atoms with Gasteiger partial charge in [-0.3, -0.25) is 0 Å². The molecule has 5 heteroatoms. The van der Waals surface area contributed by atoms with Crippen LogP contribution < -0.4 is 0 Å². The minimum Gasteiger partial charge on any atom is -0.460 e. The van der Waals surface area contributed by atoms with Gasteiger partial charge in [-0.1, -0.05) is 72.8 Å². The second-order valence-electron chi connectivity index (χ2n) is 15.9. The van der Waals surface area contributed by atoms with Crippen molar-refractivity contribution in [2.75, 3.05) is 0 Å². The summed E-state index contributed by atoms with van der Waals surface area (Å²) < 4.78 is 27.8. The quantitative estimate of drug-likeness (QED) is 0.180. The molecule has 59 heavy (non-hydrogen) atoms. The fourth-order valence-corrected chi connectivity index (χ4v) is 9.97. The third-order valence-electron chi connectivity index (χ3n) is 12.7. The number of allylic oxidation sites excluding steroid dienone is 1. The average molecular weight is 758 g/mol. The molecular formula is C54H31NO4. The van der Waals surface area contributed by atoms with Gasteiger partial charge in [-0.05, 0) is 114 Å². The molecule has 0 bridgehead atoms. The van der Waals surface area contributed by atoms with Crippen LogP contribution in [0.2, 0.25) is 0 Å². The van der Waals surface area contributed by atoms with E-state index < -0.39 is 0 Å². The Kier molecular flexibility index (Phi) is 6.07. The van der Waals surface area contributed by atoms with Crippen molar-refractivity contribution in [3.8, 4) is 16.8 Å². The molecule has 0 radical (unpaired) electrons. The van der Waals surface area contributed by atoms with Gasteiger partial charge >= 0.3 is 0 Å². The standard InChI is InChI=1S/C54H31NO4/c1-2-8-34(9-3-1)55-43-18-14-30(32-16-20-47-39(26-32)41-28-40-35-10-4-6-12-45(35)58-51(40)29-52(41)59-47)24-37(43)38-25-31(15-19-44(38)55)33-17-21-48-42(27-33)54-50(57-48)23-22-49-53(54)36-11-5-7-13-46(36)56-49/h1-15,17-19,21-29H,16,20H2. The number of rotatable bonds is 3. The number of aromatic nitrogens is 1. The van der Waals surface area contributed by atoms with Crippen LogP contribution in [-0.4, -0.2) is 4.57 Å². The summed E-state index contributed by atoms with van der Waals surface area (Å²) in [5.74, 6) is 1.04. The van der Waals surface area contributed by atoms with E-state index in [1.807, 2.05) is 36.4 Å². The van der Waals surface area contributed by atoms with Gasteiger partial charge in [-0.2, -0.15) is 0 Å². The molecule has 5 heterocycles. The van der Waals surface area contributed by atoms with Crippen molar-refractivity contribution < 1.29 is 17.7 Å². The first kappa shape index (κ1) is 31.3. The molecule has 0 spiro atoms. The van der Waals surface area contributed by atoms with Gasteiger partial charge in [0.25, 0.3) is 0 Å². The van der Waals surface area contributed by atoms with Crippen molar-refractivity contribution in [3.05, 3.63) is 175 Å².